The highest BCUT2D eigenvalue weighted by Crippen LogP contribution is 2.35. The highest BCUT2D eigenvalue weighted by atomic mass is 16.2. The number of carbonyl (C=O) groups excluding carboxylic acids is 1. The molecule has 7 heteroatoms. The molecule has 1 heterocycles. The molecule has 0 spiro atoms. The molecule has 1 aromatic heterocycles. The van der Waals surface area contributed by atoms with Crippen LogP contribution in [0.4, 0.5) is 4.79 Å². The van der Waals surface area contributed by atoms with E-state index in [1.807, 2.05) is 20.8 Å². The Balaban J connectivity index is 1.93. The zero-order chi connectivity index (χ0) is 14.7. The minimum atomic E-state index is -0.306. The molecular formula is C13H20N6O. The van der Waals surface area contributed by atoms with Gasteiger partial charge in [0.05, 0.1) is 18.1 Å². The molecular weight excluding hydrogens is 256 g/mol. The Kier molecular flexibility index (Phi) is 4.23. The van der Waals surface area contributed by atoms with Crippen molar-refractivity contribution in [3.63, 3.8) is 0 Å². The third-order valence-electron chi connectivity index (χ3n) is 3.28. The van der Waals surface area contributed by atoms with E-state index in [-0.39, 0.29) is 24.0 Å². The minimum absolute atomic E-state index is 0.179. The first-order valence-electron chi connectivity index (χ1n) is 6.83. The first-order chi connectivity index (χ1) is 9.52. The fraction of sp³-hybridized carbons (Fsp3) is 0.692. The number of urea groups is 1. The van der Waals surface area contributed by atoms with Gasteiger partial charge in [0.15, 0.2) is 5.82 Å². The SMILES string of the molecule is C#C[C@@H](NC(=O)N[C@H](C)c1nnnn1C1CC1)C(C)C. The summed E-state index contributed by atoms with van der Waals surface area (Å²) in [6.07, 6.45) is 7.56. The highest BCUT2D eigenvalue weighted by molar-refractivity contribution is 5.75. The average Bonchev–Trinajstić information content (AvgIpc) is 3.12. The van der Waals surface area contributed by atoms with E-state index in [9.17, 15) is 4.79 Å². The van der Waals surface area contributed by atoms with Gasteiger partial charge in [0.1, 0.15) is 0 Å². The molecule has 1 fully saturated rings. The molecule has 2 amide bonds. The van der Waals surface area contributed by atoms with Crippen LogP contribution in [0, 0.1) is 18.3 Å². The van der Waals surface area contributed by atoms with Gasteiger partial charge in [-0.2, -0.15) is 0 Å². The quantitative estimate of drug-likeness (QED) is 0.787. The number of nitrogens with one attached hydrogen (secondary N) is 2. The molecule has 1 aromatic rings. The van der Waals surface area contributed by atoms with Crippen molar-refractivity contribution in [2.45, 2.75) is 51.7 Å². The highest BCUT2D eigenvalue weighted by Gasteiger charge is 2.30. The average molecular weight is 276 g/mol. The lowest BCUT2D eigenvalue weighted by molar-refractivity contribution is 0.233. The van der Waals surface area contributed by atoms with Gasteiger partial charge in [-0.3, -0.25) is 0 Å². The number of hydrogen-bond donors (Lipinski definition) is 2. The van der Waals surface area contributed by atoms with Crippen LogP contribution in [0.3, 0.4) is 0 Å². The monoisotopic (exact) mass is 276 g/mol. The summed E-state index contributed by atoms with van der Waals surface area (Å²) >= 11 is 0. The minimum Gasteiger partial charge on any atom is -0.328 e. The van der Waals surface area contributed by atoms with Crippen molar-refractivity contribution in [2.75, 3.05) is 0 Å². The maximum atomic E-state index is 11.9. The zero-order valence-electron chi connectivity index (χ0n) is 12.0. The molecule has 2 N–H and O–H groups in total. The van der Waals surface area contributed by atoms with Crippen molar-refractivity contribution in [3.8, 4) is 12.3 Å². The largest absolute Gasteiger partial charge is 0.328 e. The third kappa shape index (κ3) is 3.26. The van der Waals surface area contributed by atoms with Crippen LogP contribution in [0.15, 0.2) is 0 Å². The number of tetrazole rings is 1. The molecule has 1 aliphatic rings. The second-order valence-electron chi connectivity index (χ2n) is 5.44. The molecule has 2 atom stereocenters. The topological polar surface area (TPSA) is 84.7 Å². The Labute approximate surface area is 118 Å². The third-order valence-corrected chi connectivity index (χ3v) is 3.28. The Morgan fingerprint density at radius 3 is 2.65 bits per heavy atom. The van der Waals surface area contributed by atoms with Crippen LogP contribution in [0.1, 0.15) is 51.5 Å². The van der Waals surface area contributed by atoms with Gasteiger partial charge >= 0.3 is 6.03 Å². The molecule has 1 aliphatic carbocycles. The molecule has 1 saturated carbocycles. The van der Waals surface area contributed by atoms with Crippen molar-refractivity contribution in [3.05, 3.63) is 5.82 Å². The summed E-state index contributed by atoms with van der Waals surface area (Å²) in [5.74, 6) is 3.41. The number of aromatic nitrogens is 4. The van der Waals surface area contributed by atoms with Gasteiger partial charge in [0.25, 0.3) is 0 Å². The van der Waals surface area contributed by atoms with Gasteiger partial charge in [-0.15, -0.1) is 11.5 Å². The van der Waals surface area contributed by atoms with E-state index in [1.165, 1.54) is 0 Å². The van der Waals surface area contributed by atoms with E-state index in [1.54, 1.807) is 4.68 Å². The molecule has 7 nitrogen and oxygen atoms in total. The van der Waals surface area contributed by atoms with Gasteiger partial charge in [-0.05, 0) is 36.1 Å². The van der Waals surface area contributed by atoms with Crippen LogP contribution in [0.2, 0.25) is 0 Å². The first-order valence-corrected chi connectivity index (χ1v) is 6.83. The summed E-state index contributed by atoms with van der Waals surface area (Å²) in [6, 6.07) is -0.487. The molecule has 20 heavy (non-hydrogen) atoms. The molecule has 0 saturated heterocycles. The summed E-state index contributed by atoms with van der Waals surface area (Å²) in [5.41, 5.74) is 0. The van der Waals surface area contributed by atoms with E-state index in [4.69, 9.17) is 6.42 Å². The van der Waals surface area contributed by atoms with E-state index < -0.39 is 0 Å². The van der Waals surface area contributed by atoms with Crippen molar-refractivity contribution < 1.29 is 4.79 Å². The predicted octanol–water partition coefficient (Wildman–Crippen LogP) is 1.03. The van der Waals surface area contributed by atoms with Crippen LogP contribution in [-0.4, -0.2) is 32.3 Å². The Bertz CT molecular complexity index is 513. The maximum Gasteiger partial charge on any atom is 0.316 e. The number of rotatable bonds is 5. The molecule has 0 aromatic carbocycles. The van der Waals surface area contributed by atoms with Gasteiger partial charge in [0.2, 0.25) is 0 Å². The van der Waals surface area contributed by atoms with Gasteiger partial charge < -0.3 is 10.6 Å². The standard InChI is InChI=1S/C13H20N6O/c1-5-11(8(2)3)15-13(20)14-9(4)12-16-17-18-19(12)10-6-7-10/h1,8-11H,6-7H2,2-4H3,(H2,14,15,20)/t9-,11-/m1/s1. The number of amides is 2. The summed E-state index contributed by atoms with van der Waals surface area (Å²) in [7, 11) is 0. The van der Waals surface area contributed by atoms with Crippen molar-refractivity contribution >= 4 is 6.03 Å². The Morgan fingerprint density at radius 1 is 1.40 bits per heavy atom. The molecule has 0 radical (unpaired) electrons. The normalized spacial score (nSPS) is 17.4. The molecule has 2 rings (SSSR count). The van der Waals surface area contributed by atoms with Crippen LogP contribution in [0.25, 0.3) is 0 Å². The molecule has 0 unspecified atom stereocenters. The lowest BCUT2D eigenvalue weighted by atomic mass is 10.1. The fourth-order valence-electron chi connectivity index (χ4n) is 1.91. The summed E-state index contributed by atoms with van der Waals surface area (Å²) in [6.45, 7) is 5.77. The van der Waals surface area contributed by atoms with Crippen molar-refractivity contribution in [1.82, 2.24) is 30.8 Å². The van der Waals surface area contributed by atoms with Gasteiger partial charge in [-0.25, -0.2) is 9.48 Å². The van der Waals surface area contributed by atoms with Crippen LogP contribution in [-0.2, 0) is 0 Å². The first kappa shape index (κ1) is 14.3. The number of nitrogens with zero attached hydrogens (tertiary/aromatic N) is 4. The molecule has 0 aliphatic heterocycles. The second-order valence-corrected chi connectivity index (χ2v) is 5.44. The van der Waals surface area contributed by atoms with Crippen LogP contribution in [0.5, 0.6) is 0 Å². The fourth-order valence-corrected chi connectivity index (χ4v) is 1.91. The van der Waals surface area contributed by atoms with E-state index in [0.29, 0.717) is 11.9 Å². The lowest BCUT2D eigenvalue weighted by Crippen LogP contribution is -2.44. The summed E-state index contributed by atoms with van der Waals surface area (Å²) < 4.78 is 1.78. The van der Waals surface area contributed by atoms with Gasteiger partial charge in [0, 0.05) is 0 Å². The Morgan fingerprint density at radius 2 is 2.10 bits per heavy atom. The van der Waals surface area contributed by atoms with E-state index >= 15 is 0 Å². The maximum absolute atomic E-state index is 11.9. The van der Waals surface area contributed by atoms with Crippen LogP contribution >= 0.6 is 0 Å². The lowest BCUT2D eigenvalue weighted by Gasteiger charge is -2.19. The van der Waals surface area contributed by atoms with Gasteiger partial charge in [-0.1, -0.05) is 19.8 Å². The summed E-state index contributed by atoms with van der Waals surface area (Å²) in [4.78, 5) is 11.9. The van der Waals surface area contributed by atoms with Crippen molar-refractivity contribution in [2.24, 2.45) is 5.92 Å². The number of carbonyl (C=O) groups is 1. The smallest absolute Gasteiger partial charge is 0.316 e. The zero-order valence-corrected chi connectivity index (χ0v) is 12.0. The summed E-state index contributed by atoms with van der Waals surface area (Å²) in [5, 5.41) is 17.2. The second kappa shape index (κ2) is 5.90. The number of hydrogen-bond acceptors (Lipinski definition) is 4. The Hall–Kier alpha value is -2.10. The molecule has 0 bridgehead atoms. The predicted molar refractivity (Wildman–Crippen MR) is 73.6 cm³/mol. The van der Waals surface area contributed by atoms with Crippen LogP contribution < -0.4 is 10.6 Å². The van der Waals surface area contributed by atoms with E-state index in [0.717, 1.165) is 12.8 Å². The van der Waals surface area contributed by atoms with E-state index in [2.05, 4.69) is 32.1 Å². The van der Waals surface area contributed by atoms with Crippen molar-refractivity contribution in [1.29, 1.82) is 0 Å². The number of terminal acetylenes is 1. The molecule has 108 valence electrons.